The fourth-order valence-electron chi connectivity index (χ4n) is 2.43. The maximum atomic E-state index is 6.00. The Kier molecular flexibility index (Phi) is 3.30. The number of nitrogen functional groups attached to an aromatic ring is 1. The summed E-state index contributed by atoms with van der Waals surface area (Å²) < 4.78 is 7.51. The fraction of sp³-hybridized carbons (Fsp3) is 0.500. The molecular formula is C14H19N5O. The Balaban J connectivity index is 1.96. The molecule has 2 N–H and O–H groups in total. The Bertz CT molecular complexity index is 609. The van der Waals surface area contributed by atoms with E-state index >= 15 is 0 Å². The second-order valence-electron chi connectivity index (χ2n) is 5.31. The number of rotatable bonds is 5. The minimum absolute atomic E-state index is 0.558. The third kappa shape index (κ3) is 2.33. The average molecular weight is 273 g/mol. The van der Waals surface area contributed by atoms with Gasteiger partial charge in [-0.2, -0.15) is 0 Å². The number of nitrogens with zero attached hydrogens (tertiary/aromatic N) is 4. The number of benzene rings is 1. The van der Waals surface area contributed by atoms with Crippen molar-refractivity contribution in [1.29, 1.82) is 0 Å². The molecule has 6 nitrogen and oxygen atoms in total. The molecule has 0 spiro atoms. The lowest BCUT2D eigenvalue weighted by Gasteiger charge is -2.12. The summed E-state index contributed by atoms with van der Waals surface area (Å²) in [5.41, 5.74) is 7.46. The highest BCUT2D eigenvalue weighted by Gasteiger charge is 2.34. The van der Waals surface area contributed by atoms with Gasteiger partial charge in [0.1, 0.15) is 0 Å². The van der Waals surface area contributed by atoms with Crippen molar-refractivity contribution in [1.82, 2.24) is 20.2 Å². The van der Waals surface area contributed by atoms with Gasteiger partial charge in [-0.3, -0.25) is 0 Å². The van der Waals surface area contributed by atoms with E-state index in [-0.39, 0.29) is 0 Å². The number of nitrogens with two attached hydrogens (primary N) is 1. The monoisotopic (exact) mass is 273 g/mol. The van der Waals surface area contributed by atoms with Crippen LogP contribution < -0.4 is 10.5 Å². The zero-order valence-electron chi connectivity index (χ0n) is 11.8. The molecule has 3 rings (SSSR count). The van der Waals surface area contributed by atoms with E-state index in [0.29, 0.717) is 24.0 Å². The Morgan fingerprint density at radius 3 is 2.95 bits per heavy atom. The van der Waals surface area contributed by atoms with Crippen molar-refractivity contribution in [3.05, 3.63) is 18.2 Å². The van der Waals surface area contributed by atoms with Crippen LogP contribution in [0.5, 0.6) is 5.75 Å². The predicted molar refractivity (Wildman–Crippen MR) is 76.1 cm³/mol. The molecule has 1 aliphatic rings. The van der Waals surface area contributed by atoms with Crippen LogP contribution in [0, 0.1) is 11.8 Å². The van der Waals surface area contributed by atoms with Crippen molar-refractivity contribution in [3.63, 3.8) is 0 Å². The molecule has 20 heavy (non-hydrogen) atoms. The zero-order chi connectivity index (χ0) is 14.1. The molecule has 0 bridgehead atoms. The van der Waals surface area contributed by atoms with Gasteiger partial charge in [0.05, 0.1) is 17.9 Å². The van der Waals surface area contributed by atoms with Crippen LogP contribution in [0.4, 0.5) is 5.69 Å². The molecule has 1 heterocycles. The van der Waals surface area contributed by atoms with Crippen molar-refractivity contribution >= 4 is 5.69 Å². The first kappa shape index (κ1) is 12.9. The number of anilines is 1. The normalized spacial score (nSPS) is 20.9. The van der Waals surface area contributed by atoms with Gasteiger partial charge < -0.3 is 10.5 Å². The molecule has 1 fully saturated rings. The molecule has 1 aromatic carbocycles. The maximum absolute atomic E-state index is 6.00. The van der Waals surface area contributed by atoms with Crippen LogP contribution in [0.15, 0.2) is 18.2 Å². The summed E-state index contributed by atoms with van der Waals surface area (Å²) in [7, 11) is 0. The van der Waals surface area contributed by atoms with E-state index in [0.717, 1.165) is 23.9 Å². The predicted octanol–water partition coefficient (Wildman–Crippen LogP) is 1.98. The summed E-state index contributed by atoms with van der Waals surface area (Å²) >= 11 is 0. The van der Waals surface area contributed by atoms with Crippen LogP contribution in [0.1, 0.15) is 20.3 Å². The van der Waals surface area contributed by atoms with Crippen LogP contribution in [0.25, 0.3) is 11.4 Å². The molecule has 0 aliphatic heterocycles. The SMILES string of the molecule is CCOc1c(N)cccc1-c1nnnn1CC1CC1C. The van der Waals surface area contributed by atoms with Crippen molar-refractivity contribution in [2.24, 2.45) is 11.8 Å². The molecule has 1 saturated carbocycles. The van der Waals surface area contributed by atoms with E-state index in [4.69, 9.17) is 10.5 Å². The minimum atomic E-state index is 0.558. The number of hydrogen-bond donors (Lipinski definition) is 1. The smallest absolute Gasteiger partial charge is 0.185 e. The lowest BCUT2D eigenvalue weighted by atomic mass is 10.1. The molecule has 0 radical (unpaired) electrons. The first-order valence-corrected chi connectivity index (χ1v) is 6.98. The third-order valence-electron chi connectivity index (χ3n) is 3.79. The van der Waals surface area contributed by atoms with Crippen LogP contribution in [-0.2, 0) is 6.54 Å². The summed E-state index contributed by atoms with van der Waals surface area (Å²) in [6.45, 7) is 5.60. The second kappa shape index (κ2) is 5.11. The van der Waals surface area contributed by atoms with Gasteiger partial charge >= 0.3 is 0 Å². The van der Waals surface area contributed by atoms with Gasteiger partial charge in [-0.25, -0.2) is 4.68 Å². The summed E-state index contributed by atoms with van der Waals surface area (Å²) in [6.07, 6.45) is 1.24. The van der Waals surface area contributed by atoms with Crippen LogP contribution in [-0.4, -0.2) is 26.8 Å². The van der Waals surface area contributed by atoms with E-state index in [2.05, 4.69) is 22.4 Å². The standard InChI is InChI=1S/C14H19N5O/c1-3-20-13-11(5-4-6-12(13)15)14-16-17-18-19(14)8-10-7-9(10)2/h4-6,9-10H,3,7-8,15H2,1-2H3. The van der Waals surface area contributed by atoms with Crippen molar-refractivity contribution < 1.29 is 4.74 Å². The van der Waals surface area contributed by atoms with Crippen LogP contribution in [0.3, 0.4) is 0 Å². The highest BCUT2D eigenvalue weighted by Crippen LogP contribution is 2.40. The summed E-state index contributed by atoms with van der Waals surface area (Å²) in [4.78, 5) is 0. The lowest BCUT2D eigenvalue weighted by Crippen LogP contribution is -2.07. The number of aromatic nitrogens is 4. The van der Waals surface area contributed by atoms with Crippen LogP contribution in [0.2, 0.25) is 0 Å². The number of ether oxygens (including phenoxy) is 1. The zero-order valence-corrected chi connectivity index (χ0v) is 11.8. The first-order chi connectivity index (χ1) is 9.70. The Labute approximate surface area is 117 Å². The highest BCUT2D eigenvalue weighted by molar-refractivity contribution is 5.73. The van der Waals surface area contributed by atoms with E-state index in [1.807, 2.05) is 29.8 Å². The van der Waals surface area contributed by atoms with E-state index in [9.17, 15) is 0 Å². The molecule has 6 heteroatoms. The average Bonchev–Trinajstić information content (AvgIpc) is 2.93. The molecule has 0 amide bonds. The minimum Gasteiger partial charge on any atom is -0.491 e. The molecule has 2 unspecified atom stereocenters. The number of para-hydroxylation sites is 1. The van der Waals surface area contributed by atoms with Gasteiger partial charge in [0, 0.05) is 6.54 Å². The van der Waals surface area contributed by atoms with Gasteiger partial charge in [0.25, 0.3) is 0 Å². The van der Waals surface area contributed by atoms with Crippen molar-refractivity contribution in [2.45, 2.75) is 26.8 Å². The first-order valence-electron chi connectivity index (χ1n) is 6.98. The van der Waals surface area contributed by atoms with Gasteiger partial charge in [-0.15, -0.1) is 5.10 Å². The summed E-state index contributed by atoms with van der Waals surface area (Å²) in [6, 6.07) is 5.66. The Morgan fingerprint density at radius 2 is 2.25 bits per heavy atom. The molecule has 106 valence electrons. The van der Waals surface area contributed by atoms with E-state index in [1.165, 1.54) is 6.42 Å². The van der Waals surface area contributed by atoms with E-state index < -0.39 is 0 Å². The number of tetrazole rings is 1. The Morgan fingerprint density at radius 1 is 1.45 bits per heavy atom. The summed E-state index contributed by atoms with van der Waals surface area (Å²) in [5.74, 6) is 2.82. The lowest BCUT2D eigenvalue weighted by molar-refractivity contribution is 0.343. The van der Waals surface area contributed by atoms with E-state index in [1.54, 1.807) is 0 Å². The van der Waals surface area contributed by atoms with Crippen molar-refractivity contribution in [3.8, 4) is 17.1 Å². The van der Waals surface area contributed by atoms with Gasteiger partial charge in [0.15, 0.2) is 11.6 Å². The molecule has 2 atom stereocenters. The molecule has 0 saturated heterocycles. The number of hydrogen-bond acceptors (Lipinski definition) is 5. The molecule has 1 aromatic heterocycles. The quantitative estimate of drug-likeness (QED) is 0.843. The second-order valence-corrected chi connectivity index (χ2v) is 5.31. The topological polar surface area (TPSA) is 78.8 Å². The fourth-order valence-corrected chi connectivity index (χ4v) is 2.43. The molecule has 1 aliphatic carbocycles. The van der Waals surface area contributed by atoms with Crippen molar-refractivity contribution in [2.75, 3.05) is 12.3 Å². The third-order valence-corrected chi connectivity index (χ3v) is 3.79. The van der Waals surface area contributed by atoms with Gasteiger partial charge in [-0.05, 0) is 47.7 Å². The molecular weight excluding hydrogens is 254 g/mol. The maximum Gasteiger partial charge on any atom is 0.185 e. The Hall–Kier alpha value is -2.11. The largest absolute Gasteiger partial charge is 0.491 e. The summed E-state index contributed by atoms with van der Waals surface area (Å²) in [5, 5.41) is 12.0. The highest BCUT2D eigenvalue weighted by atomic mass is 16.5. The van der Waals surface area contributed by atoms with Gasteiger partial charge in [-0.1, -0.05) is 13.0 Å². The van der Waals surface area contributed by atoms with Crippen LogP contribution >= 0.6 is 0 Å². The molecule has 2 aromatic rings. The van der Waals surface area contributed by atoms with Gasteiger partial charge in [0.2, 0.25) is 0 Å².